The van der Waals surface area contributed by atoms with Crippen molar-refractivity contribution in [2.75, 3.05) is 6.61 Å². The van der Waals surface area contributed by atoms with Crippen molar-refractivity contribution in [2.24, 2.45) is 0 Å². The molecule has 5 nitrogen and oxygen atoms in total. The Kier molecular flexibility index (Phi) is 9.86. The highest BCUT2D eigenvalue weighted by atomic mass is 79.9. The van der Waals surface area contributed by atoms with Crippen molar-refractivity contribution in [1.82, 2.24) is 10.2 Å². The molecule has 37 heavy (non-hydrogen) atoms. The molecule has 1 atom stereocenters. The normalized spacial score (nSPS) is 12.1. The summed E-state index contributed by atoms with van der Waals surface area (Å²) in [6.07, 6.45) is 1.15. The van der Waals surface area contributed by atoms with Crippen LogP contribution < -0.4 is 10.1 Å². The number of hydrogen-bond acceptors (Lipinski definition) is 3. The number of nitrogens with one attached hydrogen (secondary N) is 1. The SMILES string of the molecule is CCc1ccc(OCC(=O)N(Cc2ccccc2F)[C@@H](Cc2ccccc2)C(=O)NC(C)(C)C)c(Br)c1. The lowest BCUT2D eigenvalue weighted by molar-refractivity contribution is -0.143. The van der Waals surface area contributed by atoms with Crippen molar-refractivity contribution in [3.05, 3.63) is 99.8 Å². The number of hydrogen-bond donors (Lipinski definition) is 1. The third-order valence-electron chi connectivity index (χ3n) is 5.82. The third kappa shape index (κ3) is 8.42. The quantitative estimate of drug-likeness (QED) is 0.322. The average Bonchev–Trinajstić information content (AvgIpc) is 2.85. The van der Waals surface area contributed by atoms with Crippen molar-refractivity contribution in [1.29, 1.82) is 0 Å². The Morgan fingerprint density at radius 2 is 1.68 bits per heavy atom. The summed E-state index contributed by atoms with van der Waals surface area (Å²) in [6, 6.07) is 20.6. The van der Waals surface area contributed by atoms with Crippen LogP contribution in [0, 0.1) is 5.82 Å². The van der Waals surface area contributed by atoms with Crippen LogP contribution in [0.4, 0.5) is 4.39 Å². The second-order valence-electron chi connectivity index (χ2n) is 9.96. The monoisotopic (exact) mass is 568 g/mol. The third-order valence-corrected chi connectivity index (χ3v) is 6.44. The summed E-state index contributed by atoms with van der Waals surface area (Å²) in [5.74, 6) is -0.641. The predicted molar refractivity (Wildman–Crippen MR) is 148 cm³/mol. The second-order valence-corrected chi connectivity index (χ2v) is 10.8. The number of carbonyl (C=O) groups is 2. The molecule has 0 aliphatic carbocycles. The summed E-state index contributed by atoms with van der Waals surface area (Å²) < 4.78 is 21.3. The van der Waals surface area contributed by atoms with E-state index in [1.54, 1.807) is 18.2 Å². The molecular weight excluding hydrogens is 535 g/mol. The molecule has 0 aliphatic rings. The van der Waals surface area contributed by atoms with E-state index in [-0.39, 0.29) is 25.5 Å². The summed E-state index contributed by atoms with van der Waals surface area (Å²) in [7, 11) is 0. The zero-order valence-electron chi connectivity index (χ0n) is 21.8. The van der Waals surface area contributed by atoms with E-state index < -0.39 is 23.3 Å². The van der Waals surface area contributed by atoms with Crippen LogP contribution in [0.2, 0.25) is 0 Å². The lowest BCUT2D eigenvalue weighted by Gasteiger charge is -2.33. The first-order valence-corrected chi connectivity index (χ1v) is 13.2. The second kappa shape index (κ2) is 12.9. The molecule has 1 N–H and O–H groups in total. The van der Waals surface area contributed by atoms with Gasteiger partial charge in [0, 0.05) is 24.1 Å². The van der Waals surface area contributed by atoms with Gasteiger partial charge in [0.25, 0.3) is 5.91 Å². The zero-order valence-corrected chi connectivity index (χ0v) is 23.3. The molecule has 0 saturated carbocycles. The van der Waals surface area contributed by atoms with Crippen LogP contribution in [0.3, 0.4) is 0 Å². The fourth-order valence-corrected chi connectivity index (χ4v) is 4.46. The van der Waals surface area contributed by atoms with Crippen LogP contribution in [-0.2, 0) is 29.0 Å². The van der Waals surface area contributed by atoms with E-state index in [0.717, 1.165) is 22.0 Å². The highest BCUT2D eigenvalue weighted by Crippen LogP contribution is 2.26. The number of aryl methyl sites for hydroxylation is 1. The van der Waals surface area contributed by atoms with Crippen LogP contribution >= 0.6 is 15.9 Å². The van der Waals surface area contributed by atoms with Gasteiger partial charge < -0.3 is 15.0 Å². The molecule has 0 unspecified atom stereocenters. The van der Waals surface area contributed by atoms with E-state index in [1.165, 1.54) is 11.0 Å². The molecule has 0 aromatic heterocycles. The van der Waals surface area contributed by atoms with Gasteiger partial charge >= 0.3 is 0 Å². The number of benzene rings is 3. The fourth-order valence-electron chi connectivity index (χ4n) is 3.92. The Hall–Kier alpha value is -3.19. The number of nitrogens with zero attached hydrogens (tertiary/aromatic N) is 1. The maximum absolute atomic E-state index is 14.7. The fraction of sp³-hybridized carbons (Fsp3) is 0.333. The first-order valence-electron chi connectivity index (χ1n) is 12.4. The number of rotatable bonds is 10. The van der Waals surface area contributed by atoms with Gasteiger partial charge in [0.15, 0.2) is 6.61 Å². The number of carbonyl (C=O) groups excluding carboxylic acids is 2. The minimum Gasteiger partial charge on any atom is -0.483 e. The first-order chi connectivity index (χ1) is 17.6. The van der Waals surface area contributed by atoms with Gasteiger partial charge in [0.2, 0.25) is 5.91 Å². The largest absolute Gasteiger partial charge is 0.483 e. The van der Waals surface area contributed by atoms with E-state index in [4.69, 9.17) is 4.74 Å². The molecule has 3 rings (SSSR count). The van der Waals surface area contributed by atoms with Gasteiger partial charge in [-0.2, -0.15) is 0 Å². The highest BCUT2D eigenvalue weighted by Gasteiger charge is 2.33. The van der Waals surface area contributed by atoms with Crippen molar-refractivity contribution in [2.45, 2.75) is 58.7 Å². The number of amides is 2. The summed E-state index contributed by atoms with van der Waals surface area (Å²) in [5.41, 5.74) is 1.84. The Morgan fingerprint density at radius 1 is 1.00 bits per heavy atom. The predicted octanol–water partition coefficient (Wildman–Crippen LogP) is 6.08. The molecule has 0 heterocycles. The molecule has 0 saturated heterocycles. The molecule has 2 amide bonds. The van der Waals surface area contributed by atoms with Gasteiger partial charge in [-0.05, 0) is 72.4 Å². The number of ether oxygens (including phenoxy) is 1. The lowest BCUT2D eigenvalue weighted by Crippen LogP contribution is -2.55. The molecule has 7 heteroatoms. The molecular formula is C30H34BrFN2O3. The minimum absolute atomic E-state index is 0.0696. The van der Waals surface area contributed by atoms with Gasteiger partial charge in [0.1, 0.15) is 17.6 Å². The van der Waals surface area contributed by atoms with Crippen LogP contribution in [0.15, 0.2) is 77.3 Å². The van der Waals surface area contributed by atoms with Crippen molar-refractivity contribution in [3.63, 3.8) is 0 Å². The lowest BCUT2D eigenvalue weighted by atomic mass is 10.0. The number of halogens is 2. The summed E-state index contributed by atoms with van der Waals surface area (Å²) in [6.45, 7) is 7.34. The highest BCUT2D eigenvalue weighted by molar-refractivity contribution is 9.10. The molecule has 0 fully saturated rings. The van der Waals surface area contributed by atoms with Crippen LogP contribution in [0.1, 0.15) is 44.4 Å². The van der Waals surface area contributed by atoms with Gasteiger partial charge in [-0.15, -0.1) is 0 Å². The molecule has 3 aromatic carbocycles. The van der Waals surface area contributed by atoms with Gasteiger partial charge in [-0.3, -0.25) is 9.59 Å². The van der Waals surface area contributed by atoms with E-state index >= 15 is 0 Å². The molecule has 0 bridgehead atoms. The molecule has 0 spiro atoms. The van der Waals surface area contributed by atoms with E-state index in [2.05, 4.69) is 28.2 Å². The van der Waals surface area contributed by atoms with Gasteiger partial charge in [0.05, 0.1) is 4.47 Å². The molecule has 0 aliphatic heterocycles. The van der Waals surface area contributed by atoms with Gasteiger partial charge in [-0.25, -0.2) is 4.39 Å². The minimum atomic E-state index is -0.872. The van der Waals surface area contributed by atoms with Crippen LogP contribution in [-0.4, -0.2) is 34.9 Å². The smallest absolute Gasteiger partial charge is 0.261 e. The first kappa shape index (κ1) is 28.4. The molecule has 3 aromatic rings. The Morgan fingerprint density at radius 3 is 2.30 bits per heavy atom. The Labute approximate surface area is 227 Å². The summed E-state index contributed by atoms with van der Waals surface area (Å²) in [5, 5.41) is 3.00. The zero-order chi connectivity index (χ0) is 27.0. The van der Waals surface area contributed by atoms with E-state index in [1.807, 2.05) is 69.3 Å². The van der Waals surface area contributed by atoms with Gasteiger partial charge in [-0.1, -0.05) is 61.5 Å². The van der Waals surface area contributed by atoms with E-state index in [9.17, 15) is 14.0 Å². The molecule has 196 valence electrons. The maximum Gasteiger partial charge on any atom is 0.261 e. The summed E-state index contributed by atoms with van der Waals surface area (Å²) in [4.78, 5) is 28.6. The Balaban J connectivity index is 1.94. The van der Waals surface area contributed by atoms with Crippen LogP contribution in [0.25, 0.3) is 0 Å². The average molecular weight is 570 g/mol. The Bertz CT molecular complexity index is 1210. The van der Waals surface area contributed by atoms with Crippen LogP contribution in [0.5, 0.6) is 5.75 Å². The maximum atomic E-state index is 14.7. The van der Waals surface area contributed by atoms with E-state index in [0.29, 0.717) is 11.3 Å². The van der Waals surface area contributed by atoms with Crippen molar-refractivity contribution < 1.29 is 18.7 Å². The summed E-state index contributed by atoms with van der Waals surface area (Å²) >= 11 is 3.50. The topological polar surface area (TPSA) is 58.6 Å². The van der Waals surface area contributed by atoms with Crippen molar-refractivity contribution in [3.8, 4) is 5.75 Å². The van der Waals surface area contributed by atoms with Crippen molar-refractivity contribution >= 4 is 27.7 Å². The standard InChI is InChI=1S/C30H34BrFN2O3/c1-5-21-15-16-27(24(31)17-21)37-20-28(35)34(19-23-13-9-10-14-25(23)32)26(29(36)33-30(2,3)4)18-22-11-7-6-8-12-22/h6-17,26H,5,18-20H2,1-4H3,(H,33,36)/t26-/m0/s1. The molecule has 0 radical (unpaired) electrons.